The second-order valence-corrected chi connectivity index (χ2v) is 6.33. The molecule has 142 valence electrons. The molecule has 0 amide bonds. The molecule has 0 aromatic carbocycles. The molecule has 4 aromatic heterocycles. The van der Waals surface area contributed by atoms with E-state index in [4.69, 9.17) is 0 Å². The van der Waals surface area contributed by atoms with Crippen LogP contribution in [0, 0.1) is 0 Å². The van der Waals surface area contributed by atoms with Crippen molar-refractivity contribution >= 4 is 16.9 Å². The molecule has 0 aliphatic rings. The van der Waals surface area contributed by atoms with Gasteiger partial charge in [0.1, 0.15) is 11.5 Å². The predicted octanol–water partition coefficient (Wildman–Crippen LogP) is 4.57. The van der Waals surface area contributed by atoms with Crippen LogP contribution in [0.1, 0.15) is 22.3 Å². The Labute approximate surface area is 158 Å². The Kier molecular flexibility index (Phi) is 4.68. The number of halogens is 3. The standard InChI is InChI=1S/C20H16F3N5/c21-20(22,23)17-5-7-24-10-15(17)12-27-18-4-3-13(9-26-18)8-14-11-28-19-16(14)2-1-6-25-19/h1-7,9-11H,8,12H2,(H,25,28)(H,26,27). The van der Waals surface area contributed by atoms with Gasteiger partial charge in [0.25, 0.3) is 0 Å². The summed E-state index contributed by atoms with van der Waals surface area (Å²) in [5, 5.41) is 3.98. The topological polar surface area (TPSA) is 66.5 Å². The van der Waals surface area contributed by atoms with E-state index >= 15 is 0 Å². The summed E-state index contributed by atoms with van der Waals surface area (Å²) in [6, 6.07) is 8.52. The van der Waals surface area contributed by atoms with Crippen LogP contribution in [0.4, 0.5) is 19.0 Å². The highest BCUT2D eigenvalue weighted by molar-refractivity contribution is 5.79. The molecule has 4 rings (SSSR count). The molecule has 2 N–H and O–H groups in total. The number of rotatable bonds is 5. The second kappa shape index (κ2) is 7.30. The van der Waals surface area contributed by atoms with Crippen molar-refractivity contribution in [1.29, 1.82) is 0 Å². The van der Waals surface area contributed by atoms with Gasteiger partial charge in [-0.3, -0.25) is 4.98 Å². The van der Waals surface area contributed by atoms with Gasteiger partial charge < -0.3 is 10.3 Å². The summed E-state index contributed by atoms with van der Waals surface area (Å²) in [6.07, 6.45) is 3.99. The number of hydrogen-bond acceptors (Lipinski definition) is 4. The summed E-state index contributed by atoms with van der Waals surface area (Å²) in [6.45, 7) is -0.0108. The van der Waals surface area contributed by atoms with Gasteiger partial charge in [0.05, 0.1) is 5.56 Å². The van der Waals surface area contributed by atoms with E-state index in [2.05, 4.69) is 25.3 Å². The maximum absolute atomic E-state index is 13.0. The number of nitrogens with one attached hydrogen (secondary N) is 2. The first-order valence-electron chi connectivity index (χ1n) is 8.60. The first-order chi connectivity index (χ1) is 13.5. The maximum atomic E-state index is 13.0. The van der Waals surface area contributed by atoms with E-state index in [0.717, 1.165) is 34.4 Å². The van der Waals surface area contributed by atoms with Crippen LogP contribution in [0.25, 0.3) is 11.0 Å². The summed E-state index contributed by atoms with van der Waals surface area (Å²) in [5.41, 5.74) is 2.32. The van der Waals surface area contributed by atoms with E-state index in [0.29, 0.717) is 12.2 Å². The fourth-order valence-corrected chi connectivity index (χ4v) is 3.04. The van der Waals surface area contributed by atoms with E-state index in [-0.39, 0.29) is 12.1 Å². The summed E-state index contributed by atoms with van der Waals surface area (Å²) in [7, 11) is 0. The van der Waals surface area contributed by atoms with E-state index in [1.165, 1.54) is 6.20 Å². The van der Waals surface area contributed by atoms with Crippen LogP contribution < -0.4 is 5.32 Å². The third kappa shape index (κ3) is 3.80. The van der Waals surface area contributed by atoms with Gasteiger partial charge in [0.2, 0.25) is 0 Å². The smallest absolute Gasteiger partial charge is 0.366 e. The van der Waals surface area contributed by atoms with Crippen molar-refractivity contribution in [2.75, 3.05) is 5.32 Å². The molecular weight excluding hydrogens is 367 g/mol. The lowest BCUT2D eigenvalue weighted by molar-refractivity contribution is -0.138. The number of aromatic nitrogens is 4. The zero-order valence-electron chi connectivity index (χ0n) is 14.7. The van der Waals surface area contributed by atoms with Crippen LogP contribution in [0.2, 0.25) is 0 Å². The average molecular weight is 383 g/mol. The first kappa shape index (κ1) is 18.0. The van der Waals surface area contributed by atoms with Crippen molar-refractivity contribution in [2.45, 2.75) is 19.1 Å². The zero-order chi connectivity index (χ0) is 19.6. The number of anilines is 1. The highest BCUT2D eigenvalue weighted by atomic mass is 19.4. The minimum atomic E-state index is -4.41. The van der Waals surface area contributed by atoms with Crippen molar-refractivity contribution in [3.8, 4) is 0 Å². The van der Waals surface area contributed by atoms with Gasteiger partial charge in [-0.1, -0.05) is 6.07 Å². The highest BCUT2D eigenvalue weighted by Gasteiger charge is 2.33. The van der Waals surface area contributed by atoms with Gasteiger partial charge in [0, 0.05) is 54.9 Å². The van der Waals surface area contributed by atoms with Gasteiger partial charge in [0.15, 0.2) is 0 Å². The molecule has 0 atom stereocenters. The van der Waals surface area contributed by atoms with Crippen LogP contribution >= 0.6 is 0 Å². The quantitative estimate of drug-likeness (QED) is 0.530. The predicted molar refractivity (Wildman–Crippen MR) is 99.7 cm³/mol. The van der Waals surface area contributed by atoms with Crippen molar-refractivity contribution in [3.05, 3.63) is 83.6 Å². The van der Waals surface area contributed by atoms with E-state index in [9.17, 15) is 13.2 Å². The summed E-state index contributed by atoms with van der Waals surface area (Å²) < 4.78 is 39.1. The molecular formula is C20H16F3N5. The van der Waals surface area contributed by atoms with Crippen LogP contribution in [-0.2, 0) is 19.1 Å². The lowest BCUT2D eigenvalue weighted by Gasteiger charge is -2.13. The Morgan fingerprint density at radius 3 is 2.64 bits per heavy atom. The average Bonchev–Trinajstić information content (AvgIpc) is 3.10. The van der Waals surface area contributed by atoms with Crippen LogP contribution in [-0.4, -0.2) is 19.9 Å². The molecule has 5 nitrogen and oxygen atoms in total. The fraction of sp³-hybridized carbons (Fsp3) is 0.150. The Balaban J connectivity index is 1.44. The minimum absolute atomic E-state index is 0.0108. The van der Waals surface area contributed by atoms with Crippen LogP contribution in [0.3, 0.4) is 0 Å². The number of aromatic amines is 1. The second-order valence-electron chi connectivity index (χ2n) is 6.33. The summed E-state index contributed by atoms with van der Waals surface area (Å²) in [5.74, 6) is 0.501. The molecule has 4 heterocycles. The number of fused-ring (bicyclic) bond motifs is 1. The third-order valence-corrected chi connectivity index (χ3v) is 4.43. The van der Waals surface area contributed by atoms with Gasteiger partial charge >= 0.3 is 6.18 Å². The van der Waals surface area contributed by atoms with Crippen LogP contribution in [0.15, 0.2) is 61.3 Å². The molecule has 0 aliphatic heterocycles. The van der Waals surface area contributed by atoms with Crippen LogP contribution in [0.5, 0.6) is 0 Å². The minimum Gasteiger partial charge on any atom is -0.366 e. The maximum Gasteiger partial charge on any atom is 0.416 e. The molecule has 4 aromatic rings. The summed E-state index contributed by atoms with van der Waals surface area (Å²) >= 11 is 0. The molecule has 0 spiro atoms. The molecule has 0 unspecified atom stereocenters. The first-order valence-corrected chi connectivity index (χ1v) is 8.60. The molecule has 0 saturated heterocycles. The SMILES string of the molecule is FC(F)(F)c1ccncc1CNc1ccc(Cc2c[nH]c3ncccc23)cn1. The monoisotopic (exact) mass is 383 g/mol. The molecule has 0 saturated carbocycles. The number of hydrogen-bond donors (Lipinski definition) is 2. The Hall–Kier alpha value is -3.42. The number of pyridine rings is 3. The fourth-order valence-electron chi connectivity index (χ4n) is 3.04. The summed E-state index contributed by atoms with van der Waals surface area (Å²) in [4.78, 5) is 15.5. The largest absolute Gasteiger partial charge is 0.416 e. The lowest BCUT2D eigenvalue weighted by Crippen LogP contribution is -2.12. The normalized spacial score (nSPS) is 11.7. The van der Waals surface area contributed by atoms with E-state index in [1.807, 2.05) is 24.4 Å². The van der Waals surface area contributed by atoms with Crippen molar-refractivity contribution in [2.24, 2.45) is 0 Å². The van der Waals surface area contributed by atoms with Gasteiger partial charge in [-0.25, -0.2) is 9.97 Å². The van der Waals surface area contributed by atoms with Crippen molar-refractivity contribution in [1.82, 2.24) is 19.9 Å². The van der Waals surface area contributed by atoms with E-state index < -0.39 is 11.7 Å². The van der Waals surface area contributed by atoms with Gasteiger partial charge in [-0.15, -0.1) is 0 Å². The molecule has 0 bridgehead atoms. The third-order valence-electron chi connectivity index (χ3n) is 4.43. The number of nitrogens with zero attached hydrogens (tertiary/aromatic N) is 3. The Morgan fingerprint density at radius 1 is 0.964 bits per heavy atom. The van der Waals surface area contributed by atoms with Crippen molar-refractivity contribution < 1.29 is 13.2 Å². The Bertz CT molecular complexity index is 1090. The zero-order valence-corrected chi connectivity index (χ0v) is 14.7. The van der Waals surface area contributed by atoms with Gasteiger partial charge in [-0.05, 0) is 35.4 Å². The highest BCUT2D eigenvalue weighted by Crippen LogP contribution is 2.31. The molecule has 28 heavy (non-hydrogen) atoms. The number of alkyl halides is 3. The lowest BCUT2D eigenvalue weighted by atomic mass is 10.1. The molecule has 0 fully saturated rings. The Morgan fingerprint density at radius 2 is 1.86 bits per heavy atom. The van der Waals surface area contributed by atoms with E-state index in [1.54, 1.807) is 18.5 Å². The van der Waals surface area contributed by atoms with Gasteiger partial charge in [-0.2, -0.15) is 13.2 Å². The van der Waals surface area contributed by atoms with Crippen molar-refractivity contribution in [3.63, 3.8) is 0 Å². The number of H-pyrrole nitrogens is 1. The molecule has 8 heteroatoms. The molecule has 0 aliphatic carbocycles. The molecule has 0 radical (unpaired) electrons.